The van der Waals surface area contributed by atoms with Gasteiger partial charge in [-0.3, -0.25) is 14.5 Å². The fourth-order valence-corrected chi connectivity index (χ4v) is 3.33. The molecule has 0 saturated carbocycles. The van der Waals surface area contributed by atoms with E-state index in [1.807, 2.05) is 31.2 Å². The van der Waals surface area contributed by atoms with Crippen molar-refractivity contribution < 1.29 is 14.4 Å². The maximum Gasteiger partial charge on any atom is 0.325 e. The number of aryl methyl sites for hydroxylation is 1. The van der Waals surface area contributed by atoms with Crippen molar-refractivity contribution in [2.24, 2.45) is 0 Å². The number of likely N-dealkylation sites (N-methyl/N-ethyl adjacent to an activating group) is 1. The summed E-state index contributed by atoms with van der Waals surface area (Å²) in [5.74, 6) is -0.774. The number of halogens is 1. The minimum Gasteiger partial charge on any atom is -0.340 e. The molecule has 0 bridgehead atoms. The molecule has 146 valence electrons. The minimum absolute atomic E-state index is 0.309. The van der Waals surface area contributed by atoms with Crippen LogP contribution in [-0.2, 0) is 21.7 Å². The Hall–Kier alpha value is -2.86. The van der Waals surface area contributed by atoms with E-state index in [2.05, 4.69) is 5.32 Å². The second-order valence-electron chi connectivity index (χ2n) is 7.13. The normalized spacial score (nSPS) is 18.9. The van der Waals surface area contributed by atoms with E-state index in [0.29, 0.717) is 17.1 Å². The molecule has 3 rings (SSSR count). The van der Waals surface area contributed by atoms with Crippen molar-refractivity contribution in [3.8, 4) is 0 Å². The topological polar surface area (TPSA) is 69.7 Å². The number of benzene rings is 2. The van der Waals surface area contributed by atoms with Crippen LogP contribution in [0.4, 0.5) is 4.79 Å². The van der Waals surface area contributed by atoms with Crippen molar-refractivity contribution in [1.82, 2.24) is 15.1 Å². The zero-order valence-electron chi connectivity index (χ0n) is 16.0. The number of imide groups is 1. The first-order chi connectivity index (χ1) is 13.2. The van der Waals surface area contributed by atoms with E-state index in [9.17, 15) is 14.4 Å². The molecule has 0 radical (unpaired) electrons. The Morgan fingerprint density at radius 3 is 2.43 bits per heavy atom. The summed E-state index contributed by atoms with van der Waals surface area (Å²) in [4.78, 5) is 40.5. The third kappa shape index (κ3) is 3.73. The van der Waals surface area contributed by atoms with Gasteiger partial charge in [0, 0.05) is 18.6 Å². The molecule has 0 aromatic heterocycles. The highest BCUT2D eigenvalue weighted by Crippen LogP contribution is 2.29. The van der Waals surface area contributed by atoms with Crippen LogP contribution in [0.15, 0.2) is 48.5 Å². The van der Waals surface area contributed by atoms with E-state index in [1.165, 1.54) is 4.90 Å². The third-order valence-electron chi connectivity index (χ3n) is 5.08. The standard InChI is InChI=1S/C21H22ClN3O3/c1-14-6-4-5-7-15(14)12-24(3)18(26)13-25-19(27)21(2,23-20(25)28)16-8-10-17(22)11-9-16/h4-11H,12-13H2,1-3H3,(H,23,28)/t21-/m1/s1. The molecule has 1 atom stereocenters. The van der Waals surface area contributed by atoms with Crippen LogP contribution in [0.1, 0.15) is 23.6 Å². The average Bonchev–Trinajstić information content (AvgIpc) is 2.88. The lowest BCUT2D eigenvalue weighted by Crippen LogP contribution is -2.43. The molecule has 1 aliphatic heterocycles. The Labute approximate surface area is 169 Å². The van der Waals surface area contributed by atoms with Crippen LogP contribution in [0.25, 0.3) is 0 Å². The molecular formula is C21H22ClN3O3. The zero-order valence-corrected chi connectivity index (χ0v) is 16.8. The Kier molecular flexibility index (Phi) is 5.42. The third-order valence-corrected chi connectivity index (χ3v) is 5.34. The van der Waals surface area contributed by atoms with E-state index < -0.39 is 17.5 Å². The largest absolute Gasteiger partial charge is 0.340 e. The predicted octanol–water partition coefficient (Wildman–Crippen LogP) is 3.07. The molecule has 7 heteroatoms. The molecular weight excluding hydrogens is 378 g/mol. The van der Waals surface area contributed by atoms with Crippen molar-refractivity contribution in [2.45, 2.75) is 25.9 Å². The van der Waals surface area contributed by atoms with E-state index in [-0.39, 0.29) is 12.5 Å². The van der Waals surface area contributed by atoms with E-state index >= 15 is 0 Å². The van der Waals surface area contributed by atoms with Gasteiger partial charge in [0.05, 0.1) is 0 Å². The van der Waals surface area contributed by atoms with Crippen LogP contribution in [0.5, 0.6) is 0 Å². The summed E-state index contributed by atoms with van der Waals surface area (Å²) in [6.45, 7) is 3.69. The maximum absolute atomic E-state index is 12.9. The molecule has 0 spiro atoms. The van der Waals surface area contributed by atoms with E-state index in [1.54, 1.807) is 38.2 Å². The molecule has 1 saturated heterocycles. The van der Waals surface area contributed by atoms with E-state index in [4.69, 9.17) is 11.6 Å². The number of rotatable bonds is 5. The summed E-state index contributed by atoms with van der Waals surface area (Å²) < 4.78 is 0. The van der Waals surface area contributed by atoms with Crippen LogP contribution < -0.4 is 5.32 Å². The first-order valence-corrected chi connectivity index (χ1v) is 9.29. The van der Waals surface area contributed by atoms with Gasteiger partial charge in [-0.05, 0) is 42.7 Å². The van der Waals surface area contributed by atoms with Crippen LogP contribution >= 0.6 is 11.6 Å². The summed E-state index contributed by atoms with van der Waals surface area (Å²) in [5, 5.41) is 3.23. The van der Waals surface area contributed by atoms with Gasteiger partial charge >= 0.3 is 6.03 Å². The van der Waals surface area contributed by atoms with Gasteiger partial charge in [0.15, 0.2) is 0 Å². The van der Waals surface area contributed by atoms with Gasteiger partial charge in [0.2, 0.25) is 5.91 Å². The molecule has 2 aromatic rings. The smallest absolute Gasteiger partial charge is 0.325 e. The van der Waals surface area contributed by atoms with Crippen LogP contribution in [0.3, 0.4) is 0 Å². The Morgan fingerprint density at radius 1 is 1.14 bits per heavy atom. The van der Waals surface area contributed by atoms with Gasteiger partial charge < -0.3 is 10.2 Å². The highest BCUT2D eigenvalue weighted by atomic mass is 35.5. The maximum atomic E-state index is 12.9. The number of hydrogen-bond donors (Lipinski definition) is 1. The summed E-state index contributed by atoms with van der Waals surface area (Å²) in [5.41, 5.74) is 1.48. The number of urea groups is 1. The number of amides is 4. The average molecular weight is 400 g/mol. The molecule has 2 aromatic carbocycles. The lowest BCUT2D eigenvalue weighted by molar-refractivity contribution is -0.138. The second-order valence-corrected chi connectivity index (χ2v) is 7.57. The molecule has 1 N–H and O–H groups in total. The highest BCUT2D eigenvalue weighted by Gasteiger charge is 2.49. The van der Waals surface area contributed by atoms with Gasteiger partial charge in [-0.15, -0.1) is 0 Å². The van der Waals surface area contributed by atoms with Crippen molar-refractivity contribution in [3.63, 3.8) is 0 Å². The van der Waals surface area contributed by atoms with Crippen LogP contribution in [0.2, 0.25) is 5.02 Å². The number of hydrogen-bond acceptors (Lipinski definition) is 3. The monoisotopic (exact) mass is 399 g/mol. The van der Waals surface area contributed by atoms with Crippen molar-refractivity contribution in [2.75, 3.05) is 13.6 Å². The van der Waals surface area contributed by atoms with Gasteiger partial charge in [0.1, 0.15) is 12.1 Å². The van der Waals surface area contributed by atoms with Gasteiger partial charge in [0.25, 0.3) is 5.91 Å². The van der Waals surface area contributed by atoms with Crippen LogP contribution in [0, 0.1) is 6.92 Å². The molecule has 6 nitrogen and oxygen atoms in total. The van der Waals surface area contributed by atoms with E-state index in [0.717, 1.165) is 16.0 Å². The Balaban J connectivity index is 1.72. The molecule has 1 aliphatic rings. The molecule has 1 fully saturated rings. The second kappa shape index (κ2) is 7.64. The first-order valence-electron chi connectivity index (χ1n) is 8.91. The number of nitrogens with one attached hydrogen (secondary N) is 1. The molecule has 4 amide bonds. The zero-order chi connectivity index (χ0) is 20.5. The highest BCUT2D eigenvalue weighted by molar-refractivity contribution is 6.30. The number of carbonyl (C=O) groups excluding carboxylic acids is 3. The molecule has 0 unspecified atom stereocenters. The molecule has 0 aliphatic carbocycles. The van der Waals surface area contributed by atoms with Gasteiger partial charge in [-0.1, -0.05) is 48.0 Å². The fraction of sp³-hybridized carbons (Fsp3) is 0.286. The predicted molar refractivity (Wildman–Crippen MR) is 107 cm³/mol. The summed E-state index contributed by atoms with van der Waals surface area (Å²) in [7, 11) is 1.66. The van der Waals surface area contributed by atoms with Crippen molar-refractivity contribution >= 4 is 29.4 Å². The summed E-state index contributed by atoms with van der Waals surface area (Å²) in [6, 6.07) is 13.9. The number of nitrogens with zero attached hydrogens (tertiary/aromatic N) is 2. The fourth-order valence-electron chi connectivity index (χ4n) is 3.21. The SMILES string of the molecule is Cc1ccccc1CN(C)C(=O)CN1C(=O)N[C@](C)(c2ccc(Cl)cc2)C1=O. The number of carbonyl (C=O) groups is 3. The van der Waals surface area contributed by atoms with Crippen LogP contribution in [-0.4, -0.2) is 41.2 Å². The van der Waals surface area contributed by atoms with Crippen molar-refractivity contribution in [1.29, 1.82) is 0 Å². The molecule has 1 heterocycles. The Morgan fingerprint density at radius 2 is 1.79 bits per heavy atom. The minimum atomic E-state index is -1.23. The van der Waals surface area contributed by atoms with Gasteiger partial charge in [-0.25, -0.2) is 4.79 Å². The quantitative estimate of drug-likeness (QED) is 0.785. The van der Waals surface area contributed by atoms with Crippen molar-refractivity contribution in [3.05, 3.63) is 70.2 Å². The summed E-state index contributed by atoms with van der Waals surface area (Å²) in [6.07, 6.45) is 0. The Bertz CT molecular complexity index is 929. The lowest BCUT2D eigenvalue weighted by atomic mass is 9.92. The summed E-state index contributed by atoms with van der Waals surface area (Å²) >= 11 is 5.91. The lowest BCUT2D eigenvalue weighted by Gasteiger charge is -2.23. The first kappa shape index (κ1) is 19.9. The molecule has 28 heavy (non-hydrogen) atoms. The van der Waals surface area contributed by atoms with Gasteiger partial charge in [-0.2, -0.15) is 0 Å².